The lowest BCUT2D eigenvalue weighted by Crippen LogP contribution is -2.43. The highest BCUT2D eigenvalue weighted by molar-refractivity contribution is 5.79. The first-order valence-corrected chi connectivity index (χ1v) is 10.6. The molecule has 0 radical (unpaired) electrons. The van der Waals surface area contributed by atoms with Crippen LogP contribution in [0.15, 0.2) is 59.6 Å². The second kappa shape index (κ2) is 11.5. The van der Waals surface area contributed by atoms with E-state index in [4.69, 9.17) is 4.74 Å². The molecule has 2 aromatic rings. The SMILES string of the molecule is CN=C(NCCc1ccccc1)NCC1CCN(Cc2ccc(OC)cc2)CC1. The highest BCUT2D eigenvalue weighted by Crippen LogP contribution is 2.19. The number of hydrogen-bond acceptors (Lipinski definition) is 3. The number of benzene rings is 2. The lowest BCUT2D eigenvalue weighted by atomic mass is 9.96. The van der Waals surface area contributed by atoms with Gasteiger partial charge < -0.3 is 15.4 Å². The third-order valence-corrected chi connectivity index (χ3v) is 5.60. The molecule has 1 heterocycles. The van der Waals surface area contributed by atoms with Crippen LogP contribution >= 0.6 is 0 Å². The van der Waals surface area contributed by atoms with Crippen molar-refractivity contribution in [1.82, 2.24) is 15.5 Å². The fourth-order valence-corrected chi connectivity index (χ4v) is 3.77. The molecule has 0 bridgehead atoms. The van der Waals surface area contributed by atoms with Gasteiger partial charge in [0.25, 0.3) is 0 Å². The summed E-state index contributed by atoms with van der Waals surface area (Å²) in [6.07, 6.45) is 3.46. The molecule has 1 aliphatic rings. The van der Waals surface area contributed by atoms with E-state index in [1.807, 2.05) is 19.2 Å². The Balaban J connectivity index is 1.33. The molecular weight excluding hydrogens is 360 g/mol. The number of nitrogens with zero attached hydrogens (tertiary/aromatic N) is 2. The topological polar surface area (TPSA) is 48.9 Å². The summed E-state index contributed by atoms with van der Waals surface area (Å²) in [5, 5.41) is 6.94. The Kier molecular flexibility index (Phi) is 8.38. The third kappa shape index (κ3) is 7.09. The van der Waals surface area contributed by atoms with E-state index in [1.165, 1.54) is 24.0 Å². The minimum Gasteiger partial charge on any atom is -0.497 e. The first-order chi connectivity index (χ1) is 14.3. The number of likely N-dealkylation sites (tertiary alicyclic amines) is 1. The van der Waals surface area contributed by atoms with Crippen LogP contribution in [-0.4, -0.2) is 51.2 Å². The van der Waals surface area contributed by atoms with Gasteiger partial charge in [-0.25, -0.2) is 0 Å². The lowest BCUT2D eigenvalue weighted by Gasteiger charge is -2.32. The van der Waals surface area contributed by atoms with E-state index < -0.39 is 0 Å². The van der Waals surface area contributed by atoms with Gasteiger partial charge in [0.1, 0.15) is 5.75 Å². The van der Waals surface area contributed by atoms with Gasteiger partial charge in [-0.3, -0.25) is 9.89 Å². The molecule has 5 nitrogen and oxygen atoms in total. The van der Waals surface area contributed by atoms with E-state index in [0.29, 0.717) is 5.92 Å². The molecule has 0 atom stereocenters. The molecule has 1 saturated heterocycles. The largest absolute Gasteiger partial charge is 0.497 e. The van der Waals surface area contributed by atoms with E-state index in [0.717, 1.165) is 50.9 Å². The fourth-order valence-electron chi connectivity index (χ4n) is 3.77. The van der Waals surface area contributed by atoms with Crippen molar-refractivity contribution in [3.63, 3.8) is 0 Å². The molecule has 1 fully saturated rings. The van der Waals surface area contributed by atoms with E-state index in [9.17, 15) is 0 Å². The number of hydrogen-bond donors (Lipinski definition) is 2. The van der Waals surface area contributed by atoms with Crippen LogP contribution in [0, 0.1) is 5.92 Å². The molecule has 0 amide bonds. The van der Waals surface area contributed by atoms with Crippen molar-refractivity contribution in [1.29, 1.82) is 0 Å². The predicted molar refractivity (Wildman–Crippen MR) is 121 cm³/mol. The van der Waals surface area contributed by atoms with E-state index in [1.54, 1.807) is 7.11 Å². The first-order valence-electron chi connectivity index (χ1n) is 10.6. The summed E-state index contributed by atoms with van der Waals surface area (Å²) in [5.41, 5.74) is 2.70. The molecule has 0 aromatic heterocycles. The van der Waals surface area contributed by atoms with Crippen LogP contribution in [0.2, 0.25) is 0 Å². The van der Waals surface area contributed by atoms with Crippen molar-refractivity contribution in [3.05, 3.63) is 65.7 Å². The van der Waals surface area contributed by atoms with Crippen molar-refractivity contribution < 1.29 is 4.74 Å². The first kappa shape index (κ1) is 21.2. The molecule has 0 saturated carbocycles. The third-order valence-electron chi connectivity index (χ3n) is 5.60. The van der Waals surface area contributed by atoms with Crippen LogP contribution in [-0.2, 0) is 13.0 Å². The van der Waals surface area contributed by atoms with Crippen LogP contribution < -0.4 is 15.4 Å². The second-order valence-corrected chi connectivity index (χ2v) is 7.68. The minimum absolute atomic E-state index is 0.704. The Morgan fingerprint density at radius 2 is 1.72 bits per heavy atom. The smallest absolute Gasteiger partial charge is 0.190 e. The van der Waals surface area contributed by atoms with Gasteiger partial charge in [-0.2, -0.15) is 0 Å². The Bertz CT molecular complexity index is 737. The monoisotopic (exact) mass is 394 g/mol. The van der Waals surface area contributed by atoms with Crippen LogP contribution in [0.1, 0.15) is 24.0 Å². The van der Waals surface area contributed by atoms with Gasteiger partial charge >= 0.3 is 0 Å². The van der Waals surface area contributed by atoms with Crippen molar-refractivity contribution >= 4 is 5.96 Å². The Hall–Kier alpha value is -2.53. The van der Waals surface area contributed by atoms with Crippen molar-refractivity contribution in [2.24, 2.45) is 10.9 Å². The van der Waals surface area contributed by atoms with Crippen molar-refractivity contribution in [2.75, 3.05) is 40.3 Å². The predicted octanol–water partition coefficient (Wildman–Crippen LogP) is 3.31. The minimum atomic E-state index is 0.704. The number of rotatable bonds is 8. The van der Waals surface area contributed by atoms with Crippen molar-refractivity contribution in [3.8, 4) is 5.75 Å². The maximum Gasteiger partial charge on any atom is 0.190 e. The summed E-state index contributed by atoms with van der Waals surface area (Å²) < 4.78 is 5.24. The Morgan fingerprint density at radius 1 is 1.00 bits per heavy atom. The normalized spacial score (nSPS) is 15.9. The molecule has 0 spiro atoms. The molecule has 2 aromatic carbocycles. The number of piperidine rings is 1. The molecule has 0 aliphatic carbocycles. The van der Waals surface area contributed by atoms with E-state index >= 15 is 0 Å². The average Bonchev–Trinajstić information content (AvgIpc) is 2.78. The summed E-state index contributed by atoms with van der Waals surface area (Å²) in [5.74, 6) is 2.53. The average molecular weight is 395 g/mol. The van der Waals surface area contributed by atoms with E-state index in [2.05, 4.69) is 63.0 Å². The standard InChI is InChI=1S/C24H34N4O/c1-25-24(26-15-12-20-6-4-3-5-7-20)27-18-21-13-16-28(17-14-21)19-22-8-10-23(29-2)11-9-22/h3-11,21H,12-19H2,1-2H3,(H2,25,26,27). The number of guanidine groups is 1. The molecular formula is C24H34N4O. The summed E-state index contributed by atoms with van der Waals surface area (Å²) in [6, 6.07) is 19.0. The van der Waals surface area contributed by atoms with Gasteiger partial charge in [-0.15, -0.1) is 0 Å². The van der Waals surface area contributed by atoms with Crippen LogP contribution in [0.4, 0.5) is 0 Å². The zero-order valence-electron chi connectivity index (χ0n) is 17.7. The molecule has 156 valence electrons. The Morgan fingerprint density at radius 3 is 2.38 bits per heavy atom. The molecule has 5 heteroatoms. The number of nitrogens with one attached hydrogen (secondary N) is 2. The maximum atomic E-state index is 5.24. The van der Waals surface area contributed by atoms with Crippen LogP contribution in [0.25, 0.3) is 0 Å². The summed E-state index contributed by atoms with van der Waals surface area (Å²) >= 11 is 0. The van der Waals surface area contributed by atoms with Gasteiger partial charge in [0.15, 0.2) is 5.96 Å². The van der Waals surface area contributed by atoms with Crippen molar-refractivity contribution in [2.45, 2.75) is 25.8 Å². The van der Waals surface area contributed by atoms with Gasteiger partial charge in [0, 0.05) is 26.7 Å². The number of methoxy groups -OCH3 is 1. The molecule has 3 rings (SSSR count). The van der Waals surface area contributed by atoms with Crippen LogP contribution in [0.3, 0.4) is 0 Å². The molecule has 1 aliphatic heterocycles. The van der Waals surface area contributed by atoms with E-state index in [-0.39, 0.29) is 0 Å². The zero-order valence-corrected chi connectivity index (χ0v) is 17.7. The fraction of sp³-hybridized carbons (Fsp3) is 0.458. The van der Waals surface area contributed by atoms with Gasteiger partial charge in [-0.05, 0) is 61.5 Å². The van der Waals surface area contributed by atoms with Gasteiger partial charge in [-0.1, -0.05) is 42.5 Å². The molecule has 2 N–H and O–H groups in total. The zero-order chi connectivity index (χ0) is 20.3. The summed E-state index contributed by atoms with van der Waals surface area (Å²) in [7, 11) is 3.55. The van der Waals surface area contributed by atoms with Gasteiger partial charge in [0.05, 0.1) is 7.11 Å². The lowest BCUT2D eigenvalue weighted by molar-refractivity contribution is 0.178. The second-order valence-electron chi connectivity index (χ2n) is 7.68. The molecule has 0 unspecified atom stereocenters. The van der Waals surface area contributed by atoms with Crippen LogP contribution in [0.5, 0.6) is 5.75 Å². The van der Waals surface area contributed by atoms with Gasteiger partial charge in [0.2, 0.25) is 0 Å². The number of ether oxygens (including phenoxy) is 1. The Labute approximate surface area is 175 Å². The number of aliphatic imine (C=N–C) groups is 1. The maximum absolute atomic E-state index is 5.24. The summed E-state index contributed by atoms with van der Waals surface area (Å²) in [4.78, 5) is 6.91. The summed E-state index contributed by atoms with van der Waals surface area (Å²) in [6.45, 7) is 5.20. The highest BCUT2D eigenvalue weighted by Gasteiger charge is 2.19. The highest BCUT2D eigenvalue weighted by atomic mass is 16.5. The quantitative estimate of drug-likeness (QED) is 0.533. The molecule has 29 heavy (non-hydrogen) atoms.